The largest absolute Gasteiger partial charge is 0.399 e. The molecule has 1 aliphatic rings. The molecule has 0 aliphatic carbocycles. The molecule has 2 rings (SSSR count). The maximum atomic E-state index is 5.92. The Labute approximate surface area is 110 Å². The second-order valence-corrected chi connectivity index (χ2v) is 6.05. The number of rotatable bonds is 2. The van der Waals surface area contributed by atoms with E-state index in [2.05, 4.69) is 44.7 Å². The first-order valence-electron chi connectivity index (χ1n) is 6.61. The van der Waals surface area contributed by atoms with E-state index in [4.69, 9.17) is 10.5 Å². The summed E-state index contributed by atoms with van der Waals surface area (Å²) in [5.74, 6) is 0. The molecule has 2 N–H and O–H groups in total. The number of benzene rings is 1. The van der Waals surface area contributed by atoms with E-state index in [1.807, 2.05) is 6.07 Å². The van der Waals surface area contributed by atoms with E-state index >= 15 is 0 Å². The molecule has 0 amide bonds. The highest BCUT2D eigenvalue weighted by atomic mass is 16.5. The fourth-order valence-corrected chi connectivity index (χ4v) is 2.80. The topological polar surface area (TPSA) is 38.5 Å². The number of anilines is 1. The summed E-state index contributed by atoms with van der Waals surface area (Å²) in [6.07, 6.45) is 0.295. The first-order chi connectivity index (χ1) is 8.35. The minimum Gasteiger partial charge on any atom is -0.399 e. The summed E-state index contributed by atoms with van der Waals surface area (Å²) in [5, 5.41) is 0. The summed E-state index contributed by atoms with van der Waals surface area (Å²) in [5.41, 5.74) is 9.15. The van der Waals surface area contributed by atoms with Crippen LogP contribution in [0.1, 0.15) is 31.9 Å². The van der Waals surface area contributed by atoms with Crippen molar-refractivity contribution in [1.29, 1.82) is 0 Å². The Bertz CT molecular complexity index is 429. The molecule has 1 heterocycles. The number of hydrogen-bond donors (Lipinski definition) is 1. The Morgan fingerprint density at radius 2 is 2.17 bits per heavy atom. The van der Waals surface area contributed by atoms with Gasteiger partial charge in [-0.3, -0.25) is 4.90 Å². The molecule has 1 atom stereocenters. The van der Waals surface area contributed by atoms with Crippen LogP contribution in [-0.4, -0.2) is 29.7 Å². The van der Waals surface area contributed by atoms with Crippen LogP contribution in [0.5, 0.6) is 0 Å². The number of nitrogens with zero attached hydrogens (tertiary/aromatic N) is 1. The standard InChI is InChI=1S/C15H24N2O/c1-11-7-13(5-6-14(11)16)9-17-8-12(2)18-15(3,4)10-17/h5-7,12H,8-10,16H2,1-4H3. The summed E-state index contributed by atoms with van der Waals surface area (Å²) in [6.45, 7) is 11.5. The fourth-order valence-electron chi connectivity index (χ4n) is 2.80. The van der Waals surface area contributed by atoms with Gasteiger partial charge in [0.2, 0.25) is 0 Å². The summed E-state index contributed by atoms with van der Waals surface area (Å²) in [7, 11) is 0. The fraction of sp³-hybridized carbons (Fsp3) is 0.600. The molecule has 1 unspecified atom stereocenters. The van der Waals surface area contributed by atoms with Gasteiger partial charge in [0.05, 0.1) is 11.7 Å². The number of morpholine rings is 1. The lowest BCUT2D eigenvalue weighted by molar-refractivity contribution is -0.130. The molecule has 1 aliphatic heterocycles. The van der Waals surface area contributed by atoms with Gasteiger partial charge in [-0.2, -0.15) is 0 Å². The highest BCUT2D eigenvalue weighted by molar-refractivity contribution is 5.47. The Morgan fingerprint density at radius 3 is 2.78 bits per heavy atom. The molecule has 3 nitrogen and oxygen atoms in total. The average molecular weight is 248 g/mol. The molecule has 0 radical (unpaired) electrons. The molecule has 1 aromatic rings. The SMILES string of the molecule is Cc1cc(CN2CC(C)OC(C)(C)C2)ccc1N. The predicted octanol–water partition coefficient (Wildman–Crippen LogP) is 2.58. The lowest BCUT2D eigenvalue weighted by atomic mass is 10.0. The number of ether oxygens (including phenoxy) is 1. The summed E-state index contributed by atoms with van der Waals surface area (Å²) in [4.78, 5) is 2.46. The van der Waals surface area contributed by atoms with Gasteiger partial charge in [-0.15, -0.1) is 0 Å². The van der Waals surface area contributed by atoms with Crippen LogP contribution >= 0.6 is 0 Å². The first-order valence-corrected chi connectivity index (χ1v) is 6.61. The van der Waals surface area contributed by atoms with Crippen molar-refractivity contribution in [2.24, 2.45) is 0 Å². The first kappa shape index (κ1) is 13.4. The molecule has 0 aromatic heterocycles. The van der Waals surface area contributed by atoms with E-state index in [9.17, 15) is 0 Å². The van der Waals surface area contributed by atoms with E-state index in [0.29, 0.717) is 6.10 Å². The molecule has 18 heavy (non-hydrogen) atoms. The van der Waals surface area contributed by atoms with Gasteiger partial charge in [0, 0.05) is 25.3 Å². The van der Waals surface area contributed by atoms with Gasteiger partial charge < -0.3 is 10.5 Å². The van der Waals surface area contributed by atoms with Crippen LogP contribution in [0, 0.1) is 6.92 Å². The molecule has 0 bridgehead atoms. The van der Waals surface area contributed by atoms with E-state index in [-0.39, 0.29) is 5.60 Å². The molecule has 1 fully saturated rings. The van der Waals surface area contributed by atoms with Crippen LogP contribution in [-0.2, 0) is 11.3 Å². The Morgan fingerprint density at radius 1 is 1.44 bits per heavy atom. The van der Waals surface area contributed by atoms with Crippen LogP contribution < -0.4 is 5.73 Å². The van der Waals surface area contributed by atoms with Crippen LogP contribution in [0.25, 0.3) is 0 Å². The maximum Gasteiger partial charge on any atom is 0.0757 e. The van der Waals surface area contributed by atoms with Gasteiger partial charge in [-0.25, -0.2) is 0 Å². The third-order valence-corrected chi connectivity index (χ3v) is 3.38. The van der Waals surface area contributed by atoms with E-state index in [1.165, 1.54) is 5.56 Å². The van der Waals surface area contributed by atoms with Crippen molar-refractivity contribution < 1.29 is 4.74 Å². The minimum atomic E-state index is -0.0550. The van der Waals surface area contributed by atoms with Gasteiger partial charge >= 0.3 is 0 Å². The van der Waals surface area contributed by atoms with E-state index in [1.54, 1.807) is 0 Å². The molecule has 100 valence electrons. The molecule has 1 aromatic carbocycles. The maximum absolute atomic E-state index is 5.92. The zero-order chi connectivity index (χ0) is 13.3. The van der Waals surface area contributed by atoms with E-state index < -0.39 is 0 Å². The van der Waals surface area contributed by atoms with Gasteiger partial charge in [0.15, 0.2) is 0 Å². The average Bonchev–Trinajstić information content (AvgIpc) is 2.20. The molecular weight excluding hydrogens is 224 g/mol. The second-order valence-electron chi connectivity index (χ2n) is 6.05. The highest BCUT2D eigenvalue weighted by Crippen LogP contribution is 2.23. The van der Waals surface area contributed by atoms with Crippen LogP contribution in [0.2, 0.25) is 0 Å². The zero-order valence-electron chi connectivity index (χ0n) is 11.9. The summed E-state index contributed by atoms with van der Waals surface area (Å²) < 4.78 is 5.92. The van der Waals surface area contributed by atoms with Crippen LogP contribution in [0.4, 0.5) is 5.69 Å². The van der Waals surface area contributed by atoms with Gasteiger partial charge in [-0.05, 0) is 44.9 Å². The van der Waals surface area contributed by atoms with Crippen LogP contribution in [0.15, 0.2) is 18.2 Å². The van der Waals surface area contributed by atoms with Gasteiger partial charge in [0.25, 0.3) is 0 Å². The second kappa shape index (κ2) is 4.90. The van der Waals surface area contributed by atoms with E-state index in [0.717, 1.165) is 30.9 Å². The Hall–Kier alpha value is -1.06. The molecule has 0 spiro atoms. The van der Waals surface area contributed by atoms with Crippen LogP contribution in [0.3, 0.4) is 0 Å². The predicted molar refractivity (Wildman–Crippen MR) is 75.5 cm³/mol. The zero-order valence-corrected chi connectivity index (χ0v) is 11.9. The van der Waals surface area contributed by atoms with Gasteiger partial charge in [-0.1, -0.05) is 12.1 Å². The molecule has 1 saturated heterocycles. The van der Waals surface area contributed by atoms with Crippen molar-refractivity contribution in [3.63, 3.8) is 0 Å². The van der Waals surface area contributed by atoms with Gasteiger partial charge in [0.1, 0.15) is 0 Å². The quantitative estimate of drug-likeness (QED) is 0.818. The number of nitrogens with two attached hydrogens (primary N) is 1. The van der Waals surface area contributed by atoms with Crippen molar-refractivity contribution in [3.05, 3.63) is 29.3 Å². The third kappa shape index (κ3) is 3.24. The summed E-state index contributed by atoms with van der Waals surface area (Å²) >= 11 is 0. The number of hydrogen-bond acceptors (Lipinski definition) is 3. The van der Waals surface area contributed by atoms with Crippen molar-refractivity contribution >= 4 is 5.69 Å². The lowest BCUT2D eigenvalue weighted by Gasteiger charge is -2.41. The smallest absolute Gasteiger partial charge is 0.0757 e. The highest BCUT2D eigenvalue weighted by Gasteiger charge is 2.31. The van der Waals surface area contributed by atoms with Crippen molar-refractivity contribution in [2.45, 2.75) is 45.9 Å². The van der Waals surface area contributed by atoms with Crippen molar-refractivity contribution in [2.75, 3.05) is 18.8 Å². The third-order valence-electron chi connectivity index (χ3n) is 3.38. The Kier molecular flexibility index (Phi) is 3.64. The van der Waals surface area contributed by atoms with Crippen molar-refractivity contribution in [3.8, 4) is 0 Å². The minimum absolute atomic E-state index is 0.0550. The number of nitrogen functional groups attached to an aromatic ring is 1. The summed E-state index contributed by atoms with van der Waals surface area (Å²) in [6, 6.07) is 6.30. The normalized spacial score (nSPS) is 24.1. The monoisotopic (exact) mass is 248 g/mol. The molecule has 0 saturated carbocycles. The number of aryl methyl sites for hydroxylation is 1. The Balaban J connectivity index is 2.06. The lowest BCUT2D eigenvalue weighted by Crippen LogP contribution is -2.51. The molecular formula is C15H24N2O. The van der Waals surface area contributed by atoms with Crippen molar-refractivity contribution in [1.82, 2.24) is 4.90 Å². The molecule has 3 heteroatoms.